The lowest BCUT2D eigenvalue weighted by atomic mass is 10.3. The monoisotopic (exact) mass is 293 g/mol. The largest absolute Gasteiger partial charge is 0.478 e. The third-order valence-corrected chi connectivity index (χ3v) is 2.35. The molecule has 0 radical (unpaired) electrons. The minimum Gasteiger partial charge on any atom is -0.478 e. The van der Waals surface area contributed by atoms with E-state index < -0.39 is 0 Å². The molecule has 4 heteroatoms. The van der Waals surface area contributed by atoms with Crippen LogP contribution in [-0.4, -0.2) is 11.6 Å². The molecule has 0 aliphatic heterocycles. The summed E-state index contributed by atoms with van der Waals surface area (Å²) < 4.78 is 6.29. The zero-order chi connectivity index (χ0) is 8.97. The smallest absolute Gasteiger partial charge is 0.217 e. The number of rotatable bonds is 3. The van der Waals surface area contributed by atoms with Crippen LogP contribution in [0.5, 0.6) is 5.88 Å². The SMILES string of the molecule is CCOc1ncc(Br)cc1CBr. The van der Waals surface area contributed by atoms with E-state index in [0.717, 1.165) is 15.4 Å². The number of halogens is 2. The first-order valence-corrected chi connectivity index (χ1v) is 5.52. The molecule has 1 aromatic rings. The van der Waals surface area contributed by atoms with Crippen LogP contribution in [0.15, 0.2) is 16.7 Å². The van der Waals surface area contributed by atoms with Crippen LogP contribution in [0.4, 0.5) is 0 Å². The summed E-state index contributed by atoms with van der Waals surface area (Å²) in [5.41, 5.74) is 1.06. The van der Waals surface area contributed by atoms with Crippen molar-refractivity contribution in [2.45, 2.75) is 12.3 Å². The van der Waals surface area contributed by atoms with Crippen LogP contribution >= 0.6 is 31.9 Å². The van der Waals surface area contributed by atoms with E-state index in [4.69, 9.17) is 4.74 Å². The summed E-state index contributed by atoms with van der Waals surface area (Å²) in [6.07, 6.45) is 1.73. The topological polar surface area (TPSA) is 22.1 Å². The fraction of sp³-hybridized carbons (Fsp3) is 0.375. The van der Waals surface area contributed by atoms with Gasteiger partial charge in [0.15, 0.2) is 0 Å². The number of hydrogen-bond acceptors (Lipinski definition) is 2. The summed E-state index contributed by atoms with van der Waals surface area (Å²) in [4.78, 5) is 4.14. The molecule has 0 aliphatic rings. The maximum atomic E-state index is 5.32. The average Bonchev–Trinajstić information content (AvgIpc) is 2.08. The Morgan fingerprint density at radius 3 is 2.92 bits per heavy atom. The Bertz CT molecular complexity index is 265. The molecule has 0 saturated heterocycles. The van der Waals surface area contributed by atoms with Crippen molar-refractivity contribution >= 4 is 31.9 Å². The number of ether oxygens (including phenoxy) is 1. The minimum absolute atomic E-state index is 0.647. The molecule has 0 unspecified atom stereocenters. The molecular formula is C8H9Br2NO. The molecule has 12 heavy (non-hydrogen) atoms. The van der Waals surface area contributed by atoms with Crippen molar-refractivity contribution < 1.29 is 4.74 Å². The third-order valence-electron chi connectivity index (χ3n) is 1.32. The highest BCUT2D eigenvalue weighted by Gasteiger charge is 2.03. The van der Waals surface area contributed by atoms with E-state index in [1.165, 1.54) is 0 Å². The maximum absolute atomic E-state index is 5.32. The summed E-state index contributed by atoms with van der Waals surface area (Å²) >= 11 is 6.72. The van der Waals surface area contributed by atoms with Gasteiger partial charge in [-0.3, -0.25) is 0 Å². The molecule has 0 spiro atoms. The van der Waals surface area contributed by atoms with Crippen LogP contribution in [0.1, 0.15) is 12.5 Å². The van der Waals surface area contributed by atoms with E-state index in [2.05, 4.69) is 36.8 Å². The molecule has 0 saturated carbocycles. The molecule has 66 valence electrons. The fourth-order valence-corrected chi connectivity index (χ4v) is 1.61. The lowest BCUT2D eigenvalue weighted by Gasteiger charge is -2.06. The van der Waals surface area contributed by atoms with Gasteiger partial charge in [-0.05, 0) is 28.9 Å². The molecule has 1 aromatic heterocycles. The molecule has 0 N–H and O–H groups in total. The summed E-state index contributed by atoms with van der Waals surface area (Å²) in [7, 11) is 0. The molecule has 1 rings (SSSR count). The number of pyridine rings is 1. The molecule has 0 fully saturated rings. The second-order valence-electron chi connectivity index (χ2n) is 2.18. The molecule has 0 bridgehead atoms. The zero-order valence-corrected chi connectivity index (χ0v) is 9.85. The number of hydrogen-bond donors (Lipinski definition) is 0. The van der Waals surface area contributed by atoms with Crippen LogP contribution in [0, 0.1) is 0 Å². The van der Waals surface area contributed by atoms with Crippen LogP contribution in [0.3, 0.4) is 0 Å². The molecule has 0 atom stereocenters. The third kappa shape index (κ3) is 2.45. The van der Waals surface area contributed by atoms with Crippen molar-refractivity contribution in [3.05, 3.63) is 22.3 Å². The van der Waals surface area contributed by atoms with Crippen LogP contribution in [-0.2, 0) is 5.33 Å². The van der Waals surface area contributed by atoms with Gasteiger partial charge in [0.2, 0.25) is 5.88 Å². The highest BCUT2D eigenvalue weighted by Crippen LogP contribution is 2.21. The van der Waals surface area contributed by atoms with E-state index in [9.17, 15) is 0 Å². The first-order chi connectivity index (χ1) is 5.77. The van der Waals surface area contributed by atoms with Gasteiger partial charge in [0.1, 0.15) is 0 Å². The van der Waals surface area contributed by atoms with Gasteiger partial charge in [0.05, 0.1) is 6.61 Å². The van der Waals surface area contributed by atoms with Crippen molar-refractivity contribution in [3.63, 3.8) is 0 Å². The first-order valence-electron chi connectivity index (χ1n) is 3.61. The van der Waals surface area contributed by atoms with Gasteiger partial charge in [-0.15, -0.1) is 0 Å². The zero-order valence-electron chi connectivity index (χ0n) is 6.68. The van der Waals surface area contributed by atoms with Crippen molar-refractivity contribution in [3.8, 4) is 5.88 Å². The Hall–Kier alpha value is -0.0900. The van der Waals surface area contributed by atoms with Crippen LogP contribution in [0.2, 0.25) is 0 Å². The van der Waals surface area contributed by atoms with Gasteiger partial charge in [-0.1, -0.05) is 15.9 Å². The summed E-state index contributed by atoms with van der Waals surface area (Å²) in [6, 6.07) is 1.99. The molecule has 0 aliphatic carbocycles. The Morgan fingerprint density at radius 1 is 1.58 bits per heavy atom. The Labute approximate surface area is 88.6 Å². The second-order valence-corrected chi connectivity index (χ2v) is 3.66. The highest BCUT2D eigenvalue weighted by molar-refractivity contribution is 9.10. The van der Waals surface area contributed by atoms with Crippen molar-refractivity contribution in [2.24, 2.45) is 0 Å². The predicted octanol–water partition coefficient (Wildman–Crippen LogP) is 3.14. The predicted molar refractivity (Wildman–Crippen MR) is 55.7 cm³/mol. The lowest BCUT2D eigenvalue weighted by Crippen LogP contribution is -1.97. The quantitative estimate of drug-likeness (QED) is 0.799. The highest BCUT2D eigenvalue weighted by atomic mass is 79.9. The van der Waals surface area contributed by atoms with Gasteiger partial charge in [0.25, 0.3) is 0 Å². The van der Waals surface area contributed by atoms with Crippen molar-refractivity contribution in [2.75, 3.05) is 6.61 Å². The van der Waals surface area contributed by atoms with Gasteiger partial charge in [-0.25, -0.2) is 4.98 Å². The summed E-state index contributed by atoms with van der Waals surface area (Å²) in [6.45, 7) is 2.59. The van der Waals surface area contributed by atoms with Crippen molar-refractivity contribution in [1.82, 2.24) is 4.98 Å². The second kappa shape index (κ2) is 4.82. The maximum Gasteiger partial charge on any atom is 0.217 e. The number of alkyl halides is 1. The molecule has 1 heterocycles. The van der Waals surface area contributed by atoms with Gasteiger partial charge >= 0.3 is 0 Å². The van der Waals surface area contributed by atoms with Gasteiger partial charge in [-0.2, -0.15) is 0 Å². The molecule has 0 amide bonds. The van der Waals surface area contributed by atoms with Crippen LogP contribution < -0.4 is 4.74 Å². The van der Waals surface area contributed by atoms with E-state index in [1.807, 2.05) is 13.0 Å². The average molecular weight is 295 g/mol. The van der Waals surface area contributed by atoms with E-state index in [-0.39, 0.29) is 0 Å². The normalized spacial score (nSPS) is 9.92. The van der Waals surface area contributed by atoms with E-state index in [0.29, 0.717) is 12.5 Å². The molecular weight excluding hydrogens is 286 g/mol. The van der Waals surface area contributed by atoms with E-state index in [1.54, 1.807) is 6.20 Å². The van der Waals surface area contributed by atoms with Gasteiger partial charge in [0, 0.05) is 21.6 Å². The summed E-state index contributed by atoms with van der Waals surface area (Å²) in [5, 5.41) is 0.759. The van der Waals surface area contributed by atoms with E-state index >= 15 is 0 Å². The molecule has 0 aromatic carbocycles. The van der Waals surface area contributed by atoms with Crippen molar-refractivity contribution in [1.29, 1.82) is 0 Å². The molecule has 2 nitrogen and oxygen atoms in total. The minimum atomic E-state index is 0.647. The number of nitrogens with zero attached hydrogens (tertiary/aromatic N) is 1. The first kappa shape index (κ1) is 9.99. The van der Waals surface area contributed by atoms with Gasteiger partial charge < -0.3 is 4.74 Å². The Balaban J connectivity index is 2.94. The number of aromatic nitrogens is 1. The summed E-state index contributed by atoms with van der Waals surface area (Å²) in [5.74, 6) is 0.706. The fourth-order valence-electron chi connectivity index (χ4n) is 0.831. The van der Waals surface area contributed by atoms with Crippen LogP contribution in [0.25, 0.3) is 0 Å². The standard InChI is InChI=1S/C8H9Br2NO/c1-2-12-8-6(4-9)3-7(10)5-11-8/h3,5H,2,4H2,1H3. The lowest BCUT2D eigenvalue weighted by molar-refractivity contribution is 0.324. The Morgan fingerprint density at radius 2 is 2.33 bits per heavy atom. The Kier molecular flexibility index (Phi) is 4.01.